The highest BCUT2D eigenvalue weighted by atomic mass is 35.5. The van der Waals surface area contributed by atoms with Gasteiger partial charge in [0.2, 0.25) is 10.0 Å². The molecule has 0 aliphatic rings. The smallest absolute Gasteiger partial charge is 0.207 e. The molecule has 6 heteroatoms. The predicted octanol–water partition coefficient (Wildman–Crippen LogP) is 3.50. The molecule has 0 aromatic heterocycles. The average molecular weight is 336 g/mol. The van der Waals surface area contributed by atoms with Crippen molar-refractivity contribution in [2.75, 3.05) is 19.1 Å². The van der Waals surface area contributed by atoms with Gasteiger partial charge in [0.05, 0.1) is 4.90 Å². The molecular formula is C14H22ClNO2S2. The SMILES string of the molecule is CCC(CSC)N(C)S(=O)(=O)c1cc(CCl)ccc1C. The molecule has 0 saturated carbocycles. The molecule has 0 aliphatic carbocycles. The van der Waals surface area contributed by atoms with E-state index in [9.17, 15) is 8.42 Å². The van der Waals surface area contributed by atoms with Crippen LogP contribution in [0, 0.1) is 6.92 Å². The summed E-state index contributed by atoms with van der Waals surface area (Å²) in [6.07, 6.45) is 2.79. The highest BCUT2D eigenvalue weighted by Crippen LogP contribution is 2.24. The summed E-state index contributed by atoms with van der Waals surface area (Å²) in [5.41, 5.74) is 1.58. The molecule has 0 spiro atoms. The number of hydrogen-bond donors (Lipinski definition) is 0. The van der Waals surface area contributed by atoms with Crippen molar-refractivity contribution >= 4 is 33.4 Å². The van der Waals surface area contributed by atoms with E-state index in [4.69, 9.17) is 11.6 Å². The van der Waals surface area contributed by atoms with Crippen molar-refractivity contribution in [2.45, 2.75) is 37.1 Å². The van der Waals surface area contributed by atoms with Gasteiger partial charge < -0.3 is 0 Å². The zero-order valence-corrected chi connectivity index (χ0v) is 14.8. The van der Waals surface area contributed by atoms with Gasteiger partial charge in [0.15, 0.2) is 0 Å². The Balaban J connectivity index is 3.21. The number of hydrogen-bond acceptors (Lipinski definition) is 3. The van der Waals surface area contributed by atoms with Crippen LogP contribution in [0.4, 0.5) is 0 Å². The molecular weight excluding hydrogens is 314 g/mol. The van der Waals surface area contributed by atoms with Crippen molar-refractivity contribution in [1.29, 1.82) is 0 Å². The fourth-order valence-electron chi connectivity index (χ4n) is 2.03. The number of rotatable bonds is 7. The van der Waals surface area contributed by atoms with Crippen LogP contribution in [0.2, 0.25) is 0 Å². The van der Waals surface area contributed by atoms with Crippen LogP contribution in [-0.2, 0) is 15.9 Å². The van der Waals surface area contributed by atoms with Gasteiger partial charge in [-0.15, -0.1) is 11.6 Å². The average Bonchev–Trinajstić information content (AvgIpc) is 2.44. The Morgan fingerprint density at radius 2 is 2.05 bits per heavy atom. The second-order valence-corrected chi connectivity index (χ2v) is 7.92. The summed E-state index contributed by atoms with van der Waals surface area (Å²) in [6.45, 7) is 3.82. The molecule has 0 bridgehead atoms. The minimum Gasteiger partial charge on any atom is -0.207 e. The van der Waals surface area contributed by atoms with Crippen LogP contribution in [0.15, 0.2) is 23.1 Å². The lowest BCUT2D eigenvalue weighted by molar-refractivity contribution is 0.385. The maximum absolute atomic E-state index is 12.8. The molecule has 114 valence electrons. The first-order chi connectivity index (χ1) is 9.38. The molecule has 1 aromatic carbocycles. The number of sulfonamides is 1. The minimum absolute atomic E-state index is 0.00839. The van der Waals surface area contributed by atoms with Gasteiger partial charge in [0, 0.05) is 24.7 Å². The van der Waals surface area contributed by atoms with E-state index in [1.54, 1.807) is 24.9 Å². The summed E-state index contributed by atoms with van der Waals surface area (Å²) in [6, 6.07) is 5.36. The molecule has 1 aromatic rings. The number of aryl methyl sites for hydroxylation is 1. The van der Waals surface area contributed by atoms with Crippen molar-refractivity contribution in [1.82, 2.24) is 4.31 Å². The van der Waals surface area contributed by atoms with Crippen LogP contribution in [-0.4, -0.2) is 37.8 Å². The highest BCUT2D eigenvalue weighted by Gasteiger charge is 2.28. The quantitative estimate of drug-likeness (QED) is 0.716. The van der Waals surface area contributed by atoms with Crippen LogP contribution >= 0.6 is 23.4 Å². The molecule has 1 rings (SSSR count). The van der Waals surface area contributed by atoms with Crippen molar-refractivity contribution in [3.63, 3.8) is 0 Å². The van der Waals surface area contributed by atoms with Crippen molar-refractivity contribution in [3.8, 4) is 0 Å². The second kappa shape index (κ2) is 7.69. The summed E-state index contributed by atoms with van der Waals surface area (Å²) in [5.74, 6) is 1.11. The van der Waals surface area contributed by atoms with Gasteiger partial charge in [-0.1, -0.05) is 19.1 Å². The number of thioether (sulfide) groups is 1. The summed E-state index contributed by atoms with van der Waals surface area (Å²) >= 11 is 7.47. The van der Waals surface area contributed by atoms with E-state index in [0.29, 0.717) is 10.8 Å². The van der Waals surface area contributed by atoms with Gasteiger partial charge in [-0.2, -0.15) is 16.1 Å². The van der Waals surface area contributed by atoms with E-state index in [2.05, 4.69) is 0 Å². The number of halogens is 1. The fraction of sp³-hybridized carbons (Fsp3) is 0.571. The molecule has 1 unspecified atom stereocenters. The van der Waals surface area contributed by atoms with E-state index < -0.39 is 10.0 Å². The largest absolute Gasteiger partial charge is 0.243 e. The van der Waals surface area contributed by atoms with Gasteiger partial charge >= 0.3 is 0 Å². The highest BCUT2D eigenvalue weighted by molar-refractivity contribution is 7.98. The Kier molecular flexibility index (Phi) is 6.85. The third-order valence-electron chi connectivity index (χ3n) is 3.41. The molecule has 0 N–H and O–H groups in total. The van der Waals surface area contributed by atoms with E-state index in [1.165, 1.54) is 4.31 Å². The van der Waals surface area contributed by atoms with Crippen LogP contribution in [0.25, 0.3) is 0 Å². The standard InChI is InChI=1S/C14H22ClNO2S2/c1-5-13(10-19-4)16(3)20(17,18)14-8-12(9-15)7-6-11(14)2/h6-8,13H,5,9-10H2,1-4H3. The molecule has 0 heterocycles. The number of alkyl halides is 1. The lowest BCUT2D eigenvalue weighted by atomic mass is 10.2. The van der Waals surface area contributed by atoms with Crippen LogP contribution in [0.5, 0.6) is 0 Å². The Hall–Kier alpha value is -0.230. The molecule has 0 fully saturated rings. The predicted molar refractivity (Wildman–Crippen MR) is 88.1 cm³/mol. The topological polar surface area (TPSA) is 37.4 Å². The number of benzene rings is 1. The third kappa shape index (κ3) is 3.91. The monoisotopic (exact) mass is 335 g/mol. The Morgan fingerprint density at radius 3 is 2.55 bits per heavy atom. The summed E-state index contributed by atoms with van der Waals surface area (Å²) in [4.78, 5) is 0.359. The summed E-state index contributed by atoms with van der Waals surface area (Å²) in [5, 5.41) is 0. The first kappa shape index (κ1) is 17.8. The normalized spacial score (nSPS) is 13.7. The molecule has 0 amide bonds. The van der Waals surface area contributed by atoms with E-state index in [1.807, 2.05) is 32.2 Å². The van der Waals surface area contributed by atoms with Gasteiger partial charge in [-0.3, -0.25) is 0 Å². The lowest BCUT2D eigenvalue weighted by Gasteiger charge is -2.26. The molecule has 20 heavy (non-hydrogen) atoms. The molecule has 0 radical (unpaired) electrons. The summed E-state index contributed by atoms with van der Waals surface area (Å²) < 4.78 is 27.0. The summed E-state index contributed by atoms with van der Waals surface area (Å²) in [7, 11) is -1.82. The van der Waals surface area contributed by atoms with Crippen LogP contribution in [0.3, 0.4) is 0 Å². The molecule has 0 aliphatic heterocycles. The third-order valence-corrected chi connectivity index (χ3v) is 6.49. The first-order valence-corrected chi connectivity index (χ1v) is 9.87. The maximum Gasteiger partial charge on any atom is 0.243 e. The van der Waals surface area contributed by atoms with Gasteiger partial charge in [0.1, 0.15) is 0 Å². The first-order valence-electron chi connectivity index (χ1n) is 6.50. The molecule has 1 atom stereocenters. The van der Waals surface area contributed by atoms with E-state index in [0.717, 1.165) is 23.3 Å². The zero-order chi connectivity index (χ0) is 15.3. The van der Waals surface area contributed by atoms with Gasteiger partial charge in [0.25, 0.3) is 0 Å². The minimum atomic E-state index is -3.47. The maximum atomic E-state index is 12.8. The molecule has 3 nitrogen and oxygen atoms in total. The Morgan fingerprint density at radius 1 is 1.40 bits per heavy atom. The van der Waals surface area contributed by atoms with Crippen LogP contribution in [0.1, 0.15) is 24.5 Å². The van der Waals surface area contributed by atoms with E-state index >= 15 is 0 Å². The van der Waals surface area contributed by atoms with Crippen molar-refractivity contribution in [2.24, 2.45) is 0 Å². The van der Waals surface area contributed by atoms with Crippen molar-refractivity contribution < 1.29 is 8.42 Å². The van der Waals surface area contributed by atoms with Crippen LogP contribution < -0.4 is 0 Å². The lowest BCUT2D eigenvalue weighted by Crippen LogP contribution is -2.38. The Labute approximate surface area is 131 Å². The zero-order valence-electron chi connectivity index (χ0n) is 12.4. The van der Waals surface area contributed by atoms with E-state index in [-0.39, 0.29) is 6.04 Å². The second-order valence-electron chi connectivity index (χ2n) is 4.77. The number of nitrogens with zero attached hydrogens (tertiary/aromatic N) is 1. The fourth-order valence-corrected chi connectivity index (χ4v) is 4.84. The molecule has 0 saturated heterocycles. The Bertz CT molecular complexity index is 546. The van der Waals surface area contributed by atoms with Gasteiger partial charge in [-0.25, -0.2) is 8.42 Å². The van der Waals surface area contributed by atoms with Gasteiger partial charge in [-0.05, 0) is 36.8 Å². The van der Waals surface area contributed by atoms with Crippen molar-refractivity contribution in [3.05, 3.63) is 29.3 Å².